The van der Waals surface area contributed by atoms with E-state index in [1.54, 1.807) is 23.1 Å². The molecule has 0 radical (unpaired) electrons. The molecule has 0 fully saturated rings. The van der Waals surface area contributed by atoms with E-state index in [0.717, 1.165) is 14.5 Å². The summed E-state index contributed by atoms with van der Waals surface area (Å²) >= 11 is 5.65. The van der Waals surface area contributed by atoms with Crippen molar-refractivity contribution in [3.8, 4) is 6.07 Å². The third-order valence-corrected chi connectivity index (χ3v) is 4.41. The number of hydrogen-bond donors (Lipinski definition) is 0. The van der Waals surface area contributed by atoms with Crippen molar-refractivity contribution in [2.45, 2.75) is 4.90 Å². The molecule has 0 saturated carbocycles. The van der Waals surface area contributed by atoms with Crippen molar-refractivity contribution in [2.24, 2.45) is 0 Å². The zero-order valence-corrected chi connectivity index (χ0v) is 11.2. The highest BCUT2D eigenvalue weighted by Gasteiger charge is 2.09. The summed E-state index contributed by atoms with van der Waals surface area (Å²) in [6.07, 6.45) is 2.04. The fourth-order valence-corrected chi connectivity index (χ4v) is 4.08. The number of halogens is 1. The molecular weight excluding hydrogens is 325 g/mol. The molecule has 0 N–H and O–H groups in total. The van der Waals surface area contributed by atoms with Gasteiger partial charge in [0.2, 0.25) is 0 Å². The monoisotopic (exact) mass is 331 g/mol. The standard InChI is InChI=1S/C10H6INS2/c1-13-9-5-14-8-3-7(11)2-6(4-12)10(8)9/h2-3,5H,1H3. The van der Waals surface area contributed by atoms with Crippen molar-refractivity contribution >= 4 is 55.8 Å². The lowest BCUT2D eigenvalue weighted by molar-refractivity contribution is 1.49. The molecule has 1 nitrogen and oxygen atoms in total. The van der Waals surface area contributed by atoms with E-state index in [1.165, 1.54) is 9.60 Å². The van der Waals surface area contributed by atoms with Gasteiger partial charge in [-0.1, -0.05) is 0 Å². The average Bonchev–Trinajstić information content (AvgIpc) is 2.59. The highest BCUT2D eigenvalue weighted by molar-refractivity contribution is 14.1. The molecule has 70 valence electrons. The fraction of sp³-hybridized carbons (Fsp3) is 0.100. The zero-order valence-electron chi connectivity index (χ0n) is 7.37. The van der Waals surface area contributed by atoms with E-state index in [1.807, 2.05) is 12.3 Å². The molecule has 0 amide bonds. The normalized spacial score (nSPS) is 10.4. The van der Waals surface area contributed by atoms with E-state index in [-0.39, 0.29) is 0 Å². The second kappa shape index (κ2) is 4.09. The fourth-order valence-electron chi connectivity index (χ4n) is 1.34. The van der Waals surface area contributed by atoms with Gasteiger partial charge in [0.1, 0.15) is 0 Å². The van der Waals surface area contributed by atoms with Crippen LogP contribution in [0.15, 0.2) is 22.4 Å². The van der Waals surface area contributed by atoms with Crippen LogP contribution in [0.3, 0.4) is 0 Å². The van der Waals surface area contributed by atoms with E-state index in [9.17, 15) is 0 Å². The summed E-state index contributed by atoms with van der Waals surface area (Å²) in [6.45, 7) is 0. The predicted molar refractivity (Wildman–Crippen MR) is 71.0 cm³/mol. The summed E-state index contributed by atoms with van der Waals surface area (Å²) in [6, 6.07) is 6.33. The van der Waals surface area contributed by atoms with Gasteiger partial charge in [0.05, 0.1) is 11.6 Å². The number of thiophene rings is 1. The lowest BCUT2D eigenvalue weighted by atomic mass is 10.1. The van der Waals surface area contributed by atoms with Crippen LogP contribution in [-0.2, 0) is 0 Å². The largest absolute Gasteiger partial charge is 0.192 e. The minimum Gasteiger partial charge on any atom is -0.192 e. The van der Waals surface area contributed by atoms with Gasteiger partial charge in [-0.25, -0.2) is 0 Å². The second-order valence-electron chi connectivity index (χ2n) is 2.74. The number of fused-ring (bicyclic) bond motifs is 1. The van der Waals surface area contributed by atoms with Gasteiger partial charge in [-0.2, -0.15) is 5.26 Å². The number of nitriles is 1. The Labute approximate surface area is 104 Å². The van der Waals surface area contributed by atoms with E-state index in [0.29, 0.717) is 0 Å². The number of hydrogen-bond acceptors (Lipinski definition) is 3. The Bertz CT molecular complexity index is 525. The Hall–Kier alpha value is -0.250. The molecule has 0 unspecified atom stereocenters. The molecule has 1 aromatic carbocycles. The van der Waals surface area contributed by atoms with E-state index < -0.39 is 0 Å². The summed E-state index contributed by atoms with van der Waals surface area (Å²) in [5.41, 5.74) is 0.789. The first-order chi connectivity index (χ1) is 6.76. The highest BCUT2D eigenvalue weighted by Crippen LogP contribution is 2.35. The van der Waals surface area contributed by atoms with Crippen LogP contribution in [-0.4, -0.2) is 6.26 Å². The van der Waals surface area contributed by atoms with Crippen molar-refractivity contribution < 1.29 is 0 Å². The molecule has 0 atom stereocenters. The van der Waals surface area contributed by atoms with Gasteiger partial charge in [-0.05, 0) is 41.0 Å². The quantitative estimate of drug-likeness (QED) is 0.580. The van der Waals surface area contributed by atoms with Crippen LogP contribution in [0, 0.1) is 14.9 Å². The van der Waals surface area contributed by atoms with Gasteiger partial charge in [0.25, 0.3) is 0 Å². The smallest absolute Gasteiger partial charge is 0.0999 e. The van der Waals surface area contributed by atoms with Crippen molar-refractivity contribution in [1.29, 1.82) is 5.26 Å². The summed E-state index contributed by atoms with van der Waals surface area (Å²) in [7, 11) is 0. The molecule has 0 aliphatic rings. The molecule has 0 aliphatic heterocycles. The van der Waals surface area contributed by atoms with Gasteiger partial charge >= 0.3 is 0 Å². The van der Waals surface area contributed by atoms with Gasteiger partial charge in [-0.3, -0.25) is 0 Å². The van der Waals surface area contributed by atoms with E-state index >= 15 is 0 Å². The molecule has 2 rings (SSSR count). The Morgan fingerprint density at radius 3 is 2.93 bits per heavy atom. The minimum absolute atomic E-state index is 0.789. The van der Waals surface area contributed by atoms with E-state index in [2.05, 4.69) is 40.1 Å². The van der Waals surface area contributed by atoms with Gasteiger partial charge in [0.15, 0.2) is 0 Å². The number of nitrogens with zero attached hydrogens (tertiary/aromatic N) is 1. The Morgan fingerprint density at radius 2 is 2.29 bits per heavy atom. The number of thioether (sulfide) groups is 1. The summed E-state index contributed by atoms with van der Waals surface area (Å²) in [5, 5.41) is 12.3. The highest BCUT2D eigenvalue weighted by atomic mass is 127. The van der Waals surface area contributed by atoms with Crippen LogP contribution in [0.5, 0.6) is 0 Å². The van der Waals surface area contributed by atoms with Crippen molar-refractivity contribution in [2.75, 3.05) is 6.26 Å². The molecule has 0 bridgehead atoms. The van der Waals surface area contributed by atoms with Crippen LogP contribution < -0.4 is 0 Å². The van der Waals surface area contributed by atoms with Crippen molar-refractivity contribution in [1.82, 2.24) is 0 Å². The van der Waals surface area contributed by atoms with Gasteiger partial charge < -0.3 is 0 Å². The summed E-state index contributed by atoms with van der Waals surface area (Å²) in [5.74, 6) is 0. The van der Waals surface area contributed by atoms with Crippen LogP contribution in [0.4, 0.5) is 0 Å². The summed E-state index contributed by atoms with van der Waals surface area (Å²) < 4.78 is 2.33. The van der Waals surface area contributed by atoms with Crippen LogP contribution in [0.25, 0.3) is 10.1 Å². The first-order valence-corrected chi connectivity index (χ1v) is 7.09. The maximum Gasteiger partial charge on any atom is 0.0999 e. The number of benzene rings is 1. The van der Waals surface area contributed by atoms with Crippen LogP contribution in [0.2, 0.25) is 0 Å². The van der Waals surface area contributed by atoms with Crippen LogP contribution in [0.1, 0.15) is 5.56 Å². The lowest BCUT2D eigenvalue weighted by Crippen LogP contribution is -1.79. The Balaban J connectivity index is 2.87. The van der Waals surface area contributed by atoms with Gasteiger partial charge in [-0.15, -0.1) is 23.1 Å². The van der Waals surface area contributed by atoms with Crippen molar-refractivity contribution in [3.05, 3.63) is 26.6 Å². The second-order valence-corrected chi connectivity index (χ2v) is 5.75. The third kappa shape index (κ3) is 1.64. The number of rotatable bonds is 1. The molecule has 0 saturated heterocycles. The predicted octanol–water partition coefficient (Wildman–Crippen LogP) is 4.10. The Morgan fingerprint density at radius 1 is 1.50 bits per heavy atom. The molecule has 0 aliphatic carbocycles. The third-order valence-electron chi connectivity index (χ3n) is 1.95. The molecule has 2 aromatic rings. The first-order valence-electron chi connectivity index (χ1n) is 3.91. The average molecular weight is 331 g/mol. The SMILES string of the molecule is CSc1csc2cc(I)cc(C#N)c12. The topological polar surface area (TPSA) is 23.8 Å². The maximum absolute atomic E-state index is 9.04. The summed E-state index contributed by atoms with van der Waals surface area (Å²) in [4.78, 5) is 1.21. The Kier molecular flexibility index (Phi) is 3.00. The molecule has 1 aromatic heterocycles. The molecule has 14 heavy (non-hydrogen) atoms. The van der Waals surface area contributed by atoms with Gasteiger partial charge in [0, 0.05) is 23.9 Å². The van der Waals surface area contributed by atoms with Crippen LogP contribution >= 0.6 is 45.7 Å². The van der Waals surface area contributed by atoms with Crippen molar-refractivity contribution in [3.63, 3.8) is 0 Å². The molecule has 0 spiro atoms. The maximum atomic E-state index is 9.04. The molecule has 4 heteroatoms. The first kappa shape index (κ1) is 10.3. The van der Waals surface area contributed by atoms with E-state index in [4.69, 9.17) is 5.26 Å². The molecular formula is C10H6INS2. The zero-order chi connectivity index (χ0) is 10.1. The molecule has 1 heterocycles. The lowest BCUT2D eigenvalue weighted by Gasteiger charge is -1.98. The minimum atomic E-state index is 0.789.